The van der Waals surface area contributed by atoms with Gasteiger partial charge in [-0.1, -0.05) is 54.6 Å². The Morgan fingerprint density at radius 3 is 2.40 bits per heavy atom. The topological polar surface area (TPSA) is 42.1 Å². The number of hydrogen-bond donors (Lipinski definition) is 1. The average Bonchev–Trinajstić information content (AvgIpc) is 2.90. The Morgan fingerprint density at radius 1 is 1.00 bits per heavy atom. The molecule has 0 atom stereocenters. The maximum atomic E-state index is 12.3. The number of benzene rings is 2. The van der Waals surface area contributed by atoms with E-state index in [2.05, 4.69) is 4.98 Å². The van der Waals surface area contributed by atoms with Gasteiger partial charge in [0.25, 0.3) is 0 Å². The summed E-state index contributed by atoms with van der Waals surface area (Å²) in [6.45, 7) is 5.66. The van der Waals surface area contributed by atoms with Crippen molar-refractivity contribution in [2.24, 2.45) is 0 Å². The van der Waals surface area contributed by atoms with Crippen LogP contribution in [0.1, 0.15) is 37.6 Å². The predicted molar refractivity (Wildman–Crippen MR) is 103 cm³/mol. The highest BCUT2D eigenvalue weighted by Crippen LogP contribution is 2.25. The summed E-state index contributed by atoms with van der Waals surface area (Å²) in [6.07, 6.45) is 4.31. The number of para-hydroxylation sites is 1. The Labute approximate surface area is 148 Å². The van der Waals surface area contributed by atoms with Gasteiger partial charge >= 0.3 is 5.97 Å². The molecule has 0 unspecified atom stereocenters. The molecule has 25 heavy (non-hydrogen) atoms. The molecule has 128 valence electrons. The number of fused-ring (bicyclic) bond motifs is 1. The van der Waals surface area contributed by atoms with Gasteiger partial charge in [-0.3, -0.25) is 4.79 Å². The van der Waals surface area contributed by atoms with Crippen LogP contribution in [0, 0.1) is 0 Å². The zero-order chi connectivity index (χ0) is 17.9. The molecule has 0 spiro atoms. The first-order valence-corrected chi connectivity index (χ1v) is 8.47. The van der Waals surface area contributed by atoms with Crippen molar-refractivity contribution in [3.8, 4) is 0 Å². The summed E-state index contributed by atoms with van der Waals surface area (Å²) in [5.41, 5.74) is 3.56. The van der Waals surface area contributed by atoms with Crippen molar-refractivity contribution in [3.63, 3.8) is 0 Å². The first kappa shape index (κ1) is 17.0. The van der Waals surface area contributed by atoms with Crippen molar-refractivity contribution in [1.82, 2.24) is 4.98 Å². The lowest BCUT2D eigenvalue weighted by molar-refractivity contribution is -0.153. The molecule has 1 aromatic heterocycles. The first-order chi connectivity index (χ1) is 11.9. The van der Waals surface area contributed by atoms with Crippen molar-refractivity contribution in [2.75, 3.05) is 0 Å². The van der Waals surface area contributed by atoms with Gasteiger partial charge in [0.15, 0.2) is 0 Å². The number of carbonyl (C=O) groups is 1. The van der Waals surface area contributed by atoms with Crippen LogP contribution in [-0.2, 0) is 16.0 Å². The third-order valence-corrected chi connectivity index (χ3v) is 3.83. The largest absolute Gasteiger partial charge is 0.460 e. The van der Waals surface area contributed by atoms with E-state index in [1.807, 2.05) is 87.5 Å². The molecule has 1 N–H and O–H groups in total. The minimum absolute atomic E-state index is 0.216. The molecule has 3 aromatic rings. The van der Waals surface area contributed by atoms with Crippen LogP contribution in [-0.4, -0.2) is 16.6 Å². The van der Waals surface area contributed by atoms with Crippen LogP contribution in [0.15, 0.2) is 54.6 Å². The second-order valence-corrected chi connectivity index (χ2v) is 7.07. The van der Waals surface area contributed by atoms with Crippen LogP contribution in [0.4, 0.5) is 0 Å². The SMILES string of the molecule is CC(C)(C)OC(=O)Cc1c(/C=C/c2ccccc2)[nH]c2ccccc12. The number of H-pyrrole nitrogens is 1. The number of nitrogens with one attached hydrogen (secondary N) is 1. The molecule has 3 rings (SSSR count). The van der Waals surface area contributed by atoms with Gasteiger partial charge in [0.1, 0.15) is 5.60 Å². The number of hydrogen-bond acceptors (Lipinski definition) is 2. The van der Waals surface area contributed by atoms with Crippen LogP contribution in [0.2, 0.25) is 0 Å². The molecule has 0 aliphatic heterocycles. The molecule has 2 aromatic carbocycles. The Hall–Kier alpha value is -2.81. The highest BCUT2D eigenvalue weighted by Gasteiger charge is 2.19. The van der Waals surface area contributed by atoms with Crippen LogP contribution < -0.4 is 0 Å². The van der Waals surface area contributed by atoms with Crippen LogP contribution in [0.3, 0.4) is 0 Å². The van der Waals surface area contributed by atoms with E-state index in [0.29, 0.717) is 0 Å². The Bertz CT molecular complexity index is 899. The van der Waals surface area contributed by atoms with E-state index in [-0.39, 0.29) is 12.4 Å². The quantitative estimate of drug-likeness (QED) is 0.665. The summed E-state index contributed by atoms with van der Waals surface area (Å²) in [5.74, 6) is -0.216. The van der Waals surface area contributed by atoms with Crippen molar-refractivity contribution in [1.29, 1.82) is 0 Å². The van der Waals surface area contributed by atoms with Gasteiger partial charge in [-0.15, -0.1) is 0 Å². The van der Waals surface area contributed by atoms with Crippen molar-refractivity contribution in [3.05, 3.63) is 71.4 Å². The maximum absolute atomic E-state index is 12.3. The fraction of sp³-hybridized carbons (Fsp3) is 0.227. The molecule has 0 saturated carbocycles. The molecule has 3 nitrogen and oxygen atoms in total. The monoisotopic (exact) mass is 333 g/mol. The Balaban J connectivity index is 1.95. The number of rotatable bonds is 4. The van der Waals surface area contributed by atoms with E-state index in [1.54, 1.807) is 0 Å². The summed E-state index contributed by atoms with van der Waals surface area (Å²) in [4.78, 5) is 15.7. The summed E-state index contributed by atoms with van der Waals surface area (Å²) < 4.78 is 5.50. The predicted octanol–water partition coefficient (Wildman–Crippen LogP) is 5.22. The molecule has 1 heterocycles. The third kappa shape index (κ3) is 4.38. The van der Waals surface area contributed by atoms with Crippen LogP contribution in [0.25, 0.3) is 23.1 Å². The number of carbonyl (C=O) groups excluding carboxylic acids is 1. The lowest BCUT2D eigenvalue weighted by atomic mass is 10.1. The van der Waals surface area contributed by atoms with Gasteiger partial charge in [0.05, 0.1) is 6.42 Å². The summed E-state index contributed by atoms with van der Waals surface area (Å²) in [6, 6.07) is 18.1. The zero-order valence-corrected chi connectivity index (χ0v) is 14.9. The number of ether oxygens (including phenoxy) is 1. The molecule has 0 aliphatic rings. The first-order valence-electron chi connectivity index (χ1n) is 8.47. The highest BCUT2D eigenvalue weighted by molar-refractivity contribution is 5.92. The number of esters is 1. The minimum atomic E-state index is -0.483. The maximum Gasteiger partial charge on any atom is 0.310 e. The molecule has 0 radical (unpaired) electrons. The standard InChI is InChI=1S/C22H23NO2/c1-22(2,3)25-21(24)15-18-17-11-7-8-12-19(17)23-20(18)14-13-16-9-5-4-6-10-16/h4-14,23H,15H2,1-3H3/b14-13+. The normalized spacial score (nSPS) is 12.0. The second kappa shape index (κ2) is 6.98. The molecule has 0 amide bonds. The van der Waals surface area contributed by atoms with E-state index >= 15 is 0 Å². The van der Waals surface area contributed by atoms with Gasteiger partial charge in [-0.25, -0.2) is 0 Å². The lowest BCUT2D eigenvalue weighted by Gasteiger charge is -2.19. The van der Waals surface area contributed by atoms with Gasteiger partial charge in [0, 0.05) is 16.6 Å². The Morgan fingerprint density at radius 2 is 1.68 bits per heavy atom. The van der Waals surface area contributed by atoms with Gasteiger partial charge in [-0.05, 0) is 44.0 Å². The van der Waals surface area contributed by atoms with E-state index in [0.717, 1.165) is 27.7 Å². The average molecular weight is 333 g/mol. The molecular formula is C22H23NO2. The van der Waals surface area contributed by atoms with Crippen molar-refractivity contribution < 1.29 is 9.53 Å². The highest BCUT2D eigenvalue weighted by atomic mass is 16.6. The van der Waals surface area contributed by atoms with E-state index in [1.165, 1.54) is 0 Å². The molecule has 0 aliphatic carbocycles. The van der Waals surface area contributed by atoms with Gasteiger partial charge in [-0.2, -0.15) is 0 Å². The van der Waals surface area contributed by atoms with Crippen molar-refractivity contribution >= 4 is 29.0 Å². The molecular weight excluding hydrogens is 310 g/mol. The second-order valence-electron chi connectivity index (χ2n) is 7.07. The Kier molecular flexibility index (Phi) is 4.75. The smallest absolute Gasteiger partial charge is 0.310 e. The van der Waals surface area contributed by atoms with Crippen LogP contribution in [0.5, 0.6) is 0 Å². The lowest BCUT2D eigenvalue weighted by Crippen LogP contribution is -2.25. The van der Waals surface area contributed by atoms with Gasteiger partial charge in [0.2, 0.25) is 0 Å². The van der Waals surface area contributed by atoms with Crippen molar-refractivity contribution in [2.45, 2.75) is 32.8 Å². The molecule has 0 saturated heterocycles. The van der Waals surface area contributed by atoms with Gasteiger partial charge < -0.3 is 9.72 Å². The van der Waals surface area contributed by atoms with E-state index in [9.17, 15) is 4.79 Å². The molecule has 0 bridgehead atoms. The molecule has 3 heteroatoms. The number of aromatic nitrogens is 1. The zero-order valence-electron chi connectivity index (χ0n) is 14.9. The van der Waals surface area contributed by atoms with E-state index in [4.69, 9.17) is 4.74 Å². The van der Waals surface area contributed by atoms with Crippen LogP contribution >= 0.6 is 0 Å². The minimum Gasteiger partial charge on any atom is -0.460 e. The summed E-state index contributed by atoms with van der Waals surface area (Å²) in [5, 5.41) is 1.06. The summed E-state index contributed by atoms with van der Waals surface area (Å²) in [7, 11) is 0. The third-order valence-electron chi connectivity index (χ3n) is 3.83. The molecule has 0 fully saturated rings. The fourth-order valence-corrected chi connectivity index (χ4v) is 2.82. The number of aromatic amines is 1. The van der Waals surface area contributed by atoms with E-state index < -0.39 is 5.60 Å². The summed E-state index contributed by atoms with van der Waals surface area (Å²) >= 11 is 0. The fourth-order valence-electron chi connectivity index (χ4n) is 2.82.